The molecule has 0 aromatic carbocycles. The Kier molecular flexibility index (Phi) is 7.38. The maximum atomic E-state index is 13.8. The molecule has 2 aliphatic rings. The van der Waals surface area contributed by atoms with Crippen molar-refractivity contribution in [3.8, 4) is 0 Å². The van der Waals surface area contributed by atoms with Crippen LogP contribution >= 0.6 is 0 Å². The van der Waals surface area contributed by atoms with Gasteiger partial charge in [-0.1, -0.05) is 47.1 Å². The standard InChI is InChI=1S/C23H39N3O4/c1-14(2)18(13-15(3)22(29)30)24(8)21(28)19(23(5,6)7)26-16(4)25-12-10-9-11-17(25)20(26)27/h13-14,16-19H,9-12H2,1-8H3,(H,29,30)/b15-13+/t16?,17-,18-,19-/m1/s1. The number of carbonyl (C=O) groups is 3. The van der Waals surface area contributed by atoms with Crippen molar-refractivity contribution in [3.63, 3.8) is 0 Å². The molecule has 0 aromatic rings. The van der Waals surface area contributed by atoms with E-state index in [0.29, 0.717) is 0 Å². The van der Waals surface area contributed by atoms with Crippen LogP contribution in [0.5, 0.6) is 0 Å². The third-order valence-electron chi connectivity index (χ3n) is 6.53. The zero-order chi connectivity index (χ0) is 23.0. The fraction of sp³-hybridized carbons (Fsp3) is 0.783. The van der Waals surface area contributed by atoms with Crippen LogP contribution in [-0.4, -0.2) is 75.5 Å². The predicted octanol–water partition coefficient (Wildman–Crippen LogP) is 2.96. The summed E-state index contributed by atoms with van der Waals surface area (Å²) in [6, 6.07) is -1.11. The van der Waals surface area contributed by atoms with Crippen molar-refractivity contribution in [1.82, 2.24) is 14.7 Å². The van der Waals surface area contributed by atoms with E-state index in [1.807, 2.05) is 41.5 Å². The Morgan fingerprint density at radius 2 is 1.83 bits per heavy atom. The number of hydrogen-bond donors (Lipinski definition) is 1. The molecule has 0 aliphatic carbocycles. The van der Waals surface area contributed by atoms with Gasteiger partial charge >= 0.3 is 5.97 Å². The number of likely N-dealkylation sites (N-methyl/N-ethyl adjacent to an activating group) is 1. The van der Waals surface area contributed by atoms with E-state index in [4.69, 9.17) is 0 Å². The minimum absolute atomic E-state index is 0.0342. The van der Waals surface area contributed by atoms with Crippen LogP contribution in [0.15, 0.2) is 11.6 Å². The van der Waals surface area contributed by atoms with Crippen molar-refractivity contribution in [3.05, 3.63) is 11.6 Å². The largest absolute Gasteiger partial charge is 0.478 e. The fourth-order valence-corrected chi connectivity index (χ4v) is 4.85. The molecule has 2 saturated heterocycles. The molecule has 7 nitrogen and oxygen atoms in total. The Morgan fingerprint density at radius 1 is 1.23 bits per heavy atom. The van der Waals surface area contributed by atoms with Crippen LogP contribution < -0.4 is 0 Å². The molecular formula is C23H39N3O4. The number of fused-ring (bicyclic) bond motifs is 1. The zero-order valence-electron chi connectivity index (χ0n) is 19.8. The van der Waals surface area contributed by atoms with E-state index in [-0.39, 0.29) is 41.6 Å². The van der Waals surface area contributed by atoms with Crippen LogP contribution in [0.3, 0.4) is 0 Å². The first kappa shape index (κ1) is 24.4. The summed E-state index contributed by atoms with van der Waals surface area (Å²) in [6.07, 6.45) is 4.47. The van der Waals surface area contributed by atoms with Gasteiger partial charge in [-0.05, 0) is 38.0 Å². The first-order chi connectivity index (χ1) is 13.8. The van der Waals surface area contributed by atoms with Gasteiger partial charge in [0.05, 0.1) is 18.2 Å². The molecule has 0 aromatic heterocycles. The highest BCUT2D eigenvalue weighted by Gasteiger charge is 2.52. The van der Waals surface area contributed by atoms with Crippen molar-refractivity contribution in [1.29, 1.82) is 0 Å². The highest BCUT2D eigenvalue weighted by atomic mass is 16.4. The molecule has 2 aliphatic heterocycles. The van der Waals surface area contributed by atoms with Gasteiger partial charge in [-0.15, -0.1) is 0 Å². The summed E-state index contributed by atoms with van der Waals surface area (Å²) in [5.74, 6) is -1.06. The molecule has 2 amide bonds. The average molecular weight is 422 g/mol. The second kappa shape index (κ2) is 9.08. The summed E-state index contributed by atoms with van der Waals surface area (Å²) >= 11 is 0. The highest BCUT2D eigenvalue weighted by Crippen LogP contribution is 2.37. The topological polar surface area (TPSA) is 81.2 Å². The maximum Gasteiger partial charge on any atom is 0.331 e. The number of carboxylic acids is 1. The average Bonchev–Trinajstić information content (AvgIpc) is 2.89. The van der Waals surface area contributed by atoms with Gasteiger partial charge in [-0.3, -0.25) is 14.5 Å². The highest BCUT2D eigenvalue weighted by molar-refractivity contribution is 5.92. The molecule has 1 N–H and O–H groups in total. The van der Waals surface area contributed by atoms with Gasteiger partial charge in [-0.25, -0.2) is 4.79 Å². The molecule has 0 bridgehead atoms. The summed E-state index contributed by atoms with van der Waals surface area (Å²) in [6.45, 7) is 14.3. The molecular weight excluding hydrogens is 382 g/mol. The summed E-state index contributed by atoms with van der Waals surface area (Å²) < 4.78 is 0. The van der Waals surface area contributed by atoms with Crippen LogP contribution in [-0.2, 0) is 14.4 Å². The summed E-state index contributed by atoms with van der Waals surface area (Å²) in [7, 11) is 1.72. The van der Waals surface area contributed by atoms with E-state index in [1.165, 1.54) is 0 Å². The van der Waals surface area contributed by atoms with Gasteiger partial charge in [0.15, 0.2) is 0 Å². The van der Waals surface area contributed by atoms with E-state index in [0.717, 1.165) is 25.8 Å². The third kappa shape index (κ3) is 4.71. The van der Waals surface area contributed by atoms with Gasteiger partial charge in [0.25, 0.3) is 0 Å². The number of aliphatic carboxylic acids is 1. The smallest absolute Gasteiger partial charge is 0.331 e. The van der Waals surface area contributed by atoms with Crippen molar-refractivity contribution in [2.45, 2.75) is 92.0 Å². The van der Waals surface area contributed by atoms with Crippen molar-refractivity contribution in [2.24, 2.45) is 11.3 Å². The number of piperidine rings is 1. The lowest BCUT2D eigenvalue weighted by atomic mass is 9.83. The monoisotopic (exact) mass is 421 g/mol. The van der Waals surface area contributed by atoms with Gasteiger partial charge < -0.3 is 14.9 Å². The lowest BCUT2D eigenvalue weighted by Gasteiger charge is -2.43. The van der Waals surface area contributed by atoms with E-state index >= 15 is 0 Å². The van der Waals surface area contributed by atoms with Crippen LogP contribution in [0.1, 0.15) is 67.7 Å². The van der Waals surface area contributed by atoms with E-state index in [1.54, 1.807) is 29.8 Å². The fourth-order valence-electron chi connectivity index (χ4n) is 4.85. The SMILES string of the molecule is C/C(=C\[C@H](C(C)C)N(C)C(=O)[C@@H](N1C(=O)[C@H]2CCCCN2C1C)C(C)(C)C)C(=O)O. The Labute approximate surface area is 181 Å². The maximum absolute atomic E-state index is 13.8. The van der Waals surface area contributed by atoms with Crippen molar-refractivity contribution < 1.29 is 19.5 Å². The Bertz CT molecular complexity index is 710. The predicted molar refractivity (Wildman–Crippen MR) is 117 cm³/mol. The lowest BCUT2D eigenvalue weighted by Crippen LogP contribution is -2.59. The minimum atomic E-state index is -0.992. The normalized spacial score (nSPS) is 25.3. The van der Waals surface area contributed by atoms with E-state index < -0.39 is 17.4 Å². The van der Waals surface area contributed by atoms with Crippen molar-refractivity contribution >= 4 is 17.8 Å². The van der Waals surface area contributed by atoms with Gasteiger partial charge in [0, 0.05) is 19.2 Å². The van der Waals surface area contributed by atoms with Crippen molar-refractivity contribution in [2.75, 3.05) is 13.6 Å². The molecule has 170 valence electrons. The number of hydrogen-bond acceptors (Lipinski definition) is 4. The molecule has 1 unspecified atom stereocenters. The molecule has 2 fully saturated rings. The number of carbonyl (C=O) groups excluding carboxylic acids is 2. The Balaban J connectivity index is 2.41. The number of rotatable bonds is 6. The van der Waals surface area contributed by atoms with Crippen LogP contribution in [0, 0.1) is 11.3 Å². The minimum Gasteiger partial charge on any atom is -0.478 e. The summed E-state index contributed by atoms with van der Waals surface area (Å²) in [4.78, 5) is 44.2. The molecule has 2 rings (SSSR count). The quantitative estimate of drug-likeness (QED) is 0.667. The molecule has 30 heavy (non-hydrogen) atoms. The Hall–Kier alpha value is -1.89. The third-order valence-corrected chi connectivity index (χ3v) is 6.53. The summed E-state index contributed by atoms with van der Waals surface area (Å²) in [5, 5.41) is 9.30. The molecule has 0 radical (unpaired) electrons. The second-order valence-corrected chi connectivity index (χ2v) is 10.2. The lowest BCUT2D eigenvalue weighted by molar-refractivity contribution is -0.150. The van der Waals surface area contributed by atoms with Crippen LogP contribution in [0.4, 0.5) is 0 Å². The number of nitrogens with zero attached hydrogens (tertiary/aromatic N) is 3. The number of amides is 2. The summed E-state index contributed by atoms with van der Waals surface area (Å²) in [5.41, 5.74) is -0.250. The van der Waals surface area contributed by atoms with Crippen LogP contribution in [0.25, 0.3) is 0 Å². The molecule has 2 heterocycles. The first-order valence-corrected chi connectivity index (χ1v) is 11.0. The molecule has 4 atom stereocenters. The van der Waals surface area contributed by atoms with Gasteiger partial charge in [0.1, 0.15) is 6.04 Å². The second-order valence-electron chi connectivity index (χ2n) is 10.2. The van der Waals surface area contributed by atoms with E-state index in [2.05, 4.69) is 4.90 Å². The molecule has 0 spiro atoms. The van der Waals surface area contributed by atoms with Crippen LogP contribution in [0.2, 0.25) is 0 Å². The van der Waals surface area contributed by atoms with Gasteiger partial charge in [-0.2, -0.15) is 0 Å². The number of carboxylic acid groups (broad SMARTS) is 1. The van der Waals surface area contributed by atoms with E-state index in [9.17, 15) is 19.5 Å². The molecule has 7 heteroatoms. The molecule has 0 saturated carbocycles. The first-order valence-electron chi connectivity index (χ1n) is 11.0. The zero-order valence-corrected chi connectivity index (χ0v) is 19.8. The van der Waals surface area contributed by atoms with Gasteiger partial charge in [0.2, 0.25) is 11.8 Å². The Morgan fingerprint density at radius 3 is 2.30 bits per heavy atom.